The minimum Gasteiger partial charge on any atom is -0.369 e. The summed E-state index contributed by atoms with van der Waals surface area (Å²) in [4.78, 5) is 30.0. The third-order valence-electron chi connectivity index (χ3n) is 5.98. The molecule has 34 heavy (non-hydrogen) atoms. The first kappa shape index (κ1) is 21.7. The van der Waals surface area contributed by atoms with Crippen molar-refractivity contribution in [2.24, 2.45) is 0 Å². The summed E-state index contributed by atoms with van der Waals surface area (Å²) in [5.41, 5.74) is 3.44. The Bertz CT molecular complexity index is 1290. The van der Waals surface area contributed by atoms with E-state index in [0.717, 1.165) is 31.9 Å². The molecule has 0 saturated carbocycles. The van der Waals surface area contributed by atoms with Gasteiger partial charge in [-0.25, -0.2) is 0 Å². The lowest BCUT2D eigenvalue weighted by molar-refractivity contribution is 0.0949. The quantitative estimate of drug-likeness (QED) is 0.405. The molecular weight excluding hydrogens is 434 g/mol. The molecular formula is C24H25N7O3. The fourth-order valence-electron chi connectivity index (χ4n) is 3.92. The van der Waals surface area contributed by atoms with Crippen LogP contribution < -0.4 is 15.5 Å². The van der Waals surface area contributed by atoms with Gasteiger partial charge in [-0.2, -0.15) is 5.10 Å². The van der Waals surface area contributed by atoms with Crippen molar-refractivity contribution in [1.82, 2.24) is 25.6 Å². The number of aromatic nitrogens is 3. The van der Waals surface area contributed by atoms with Gasteiger partial charge in [-0.15, -0.1) is 0 Å². The van der Waals surface area contributed by atoms with Gasteiger partial charge < -0.3 is 25.0 Å². The molecule has 0 spiro atoms. The van der Waals surface area contributed by atoms with Crippen LogP contribution >= 0.6 is 0 Å². The molecule has 0 aliphatic carbocycles. The Morgan fingerprint density at radius 2 is 1.76 bits per heavy atom. The number of carbonyl (C=O) groups excluding carboxylic acids is 2. The van der Waals surface area contributed by atoms with E-state index in [1.807, 2.05) is 24.3 Å². The van der Waals surface area contributed by atoms with Gasteiger partial charge in [-0.05, 0) is 49.5 Å². The molecule has 3 heterocycles. The van der Waals surface area contributed by atoms with Gasteiger partial charge in [-0.3, -0.25) is 14.7 Å². The van der Waals surface area contributed by atoms with Crippen LogP contribution in [0.15, 0.2) is 59.3 Å². The molecule has 1 saturated heterocycles. The number of likely N-dealkylation sites (N-methyl/N-ethyl adjacent to an activating group) is 1. The standard InChI is InChI=1S/C24H25N7O3/c1-30-9-11-31(12-10-30)19-5-2-16(3-6-19)24(33)26-22-20-14-17(4-7-21(20)27-28-22)23(32)25-15-18-8-13-34-29-18/h2-8,13-14H,9-12,15H2,1H3,(H,25,32)(H2,26,27,28,33). The number of benzene rings is 2. The fourth-order valence-corrected chi connectivity index (χ4v) is 3.92. The van der Waals surface area contributed by atoms with Crippen molar-refractivity contribution in [2.75, 3.05) is 43.4 Å². The van der Waals surface area contributed by atoms with Crippen LogP contribution in [0.2, 0.25) is 0 Å². The number of hydrogen-bond acceptors (Lipinski definition) is 7. The Morgan fingerprint density at radius 3 is 2.50 bits per heavy atom. The van der Waals surface area contributed by atoms with Gasteiger partial charge >= 0.3 is 0 Å². The van der Waals surface area contributed by atoms with E-state index in [-0.39, 0.29) is 18.4 Å². The van der Waals surface area contributed by atoms with E-state index in [1.54, 1.807) is 24.3 Å². The van der Waals surface area contributed by atoms with Gasteiger partial charge in [0.1, 0.15) is 12.0 Å². The Morgan fingerprint density at radius 1 is 1.00 bits per heavy atom. The van der Waals surface area contributed by atoms with Crippen LogP contribution in [-0.2, 0) is 6.54 Å². The Labute approximate surface area is 195 Å². The third kappa shape index (κ3) is 4.62. The second-order valence-electron chi connectivity index (χ2n) is 8.30. The number of nitrogens with zero attached hydrogens (tertiary/aromatic N) is 4. The van der Waals surface area contributed by atoms with Crippen LogP contribution in [0.3, 0.4) is 0 Å². The molecule has 0 radical (unpaired) electrons. The first-order valence-electron chi connectivity index (χ1n) is 11.1. The first-order valence-corrected chi connectivity index (χ1v) is 11.1. The minimum atomic E-state index is -0.265. The van der Waals surface area contributed by atoms with Crippen molar-refractivity contribution in [3.8, 4) is 0 Å². The predicted molar refractivity (Wildman–Crippen MR) is 128 cm³/mol. The average Bonchev–Trinajstić information content (AvgIpc) is 3.53. The fraction of sp³-hybridized carbons (Fsp3) is 0.250. The van der Waals surface area contributed by atoms with E-state index in [2.05, 4.69) is 42.8 Å². The number of carbonyl (C=O) groups is 2. The Hall–Kier alpha value is -4.18. The molecule has 10 heteroatoms. The van der Waals surface area contributed by atoms with Gasteiger partial charge in [0.15, 0.2) is 5.82 Å². The molecule has 1 aliphatic rings. The lowest BCUT2D eigenvalue weighted by Crippen LogP contribution is -2.44. The number of fused-ring (bicyclic) bond motifs is 1. The average molecular weight is 460 g/mol. The van der Waals surface area contributed by atoms with Crippen LogP contribution in [0.5, 0.6) is 0 Å². The molecule has 2 aromatic carbocycles. The maximum atomic E-state index is 12.9. The molecule has 1 aliphatic heterocycles. The minimum absolute atomic E-state index is 0.256. The molecule has 4 aromatic rings. The van der Waals surface area contributed by atoms with Crippen LogP contribution in [0, 0.1) is 0 Å². The van der Waals surface area contributed by atoms with Crippen molar-refractivity contribution < 1.29 is 14.1 Å². The van der Waals surface area contributed by atoms with Crippen molar-refractivity contribution in [3.05, 3.63) is 71.6 Å². The number of nitrogens with one attached hydrogen (secondary N) is 3. The lowest BCUT2D eigenvalue weighted by Gasteiger charge is -2.34. The van der Waals surface area contributed by atoms with E-state index < -0.39 is 0 Å². The summed E-state index contributed by atoms with van der Waals surface area (Å²) < 4.78 is 4.77. The van der Waals surface area contributed by atoms with Crippen LogP contribution in [0.1, 0.15) is 26.4 Å². The molecule has 10 nitrogen and oxygen atoms in total. The first-order chi connectivity index (χ1) is 16.6. The largest absolute Gasteiger partial charge is 0.369 e. The zero-order valence-corrected chi connectivity index (χ0v) is 18.7. The number of amides is 2. The molecule has 0 unspecified atom stereocenters. The van der Waals surface area contributed by atoms with E-state index in [9.17, 15) is 9.59 Å². The van der Waals surface area contributed by atoms with E-state index in [1.165, 1.54) is 6.26 Å². The van der Waals surface area contributed by atoms with E-state index in [4.69, 9.17) is 4.52 Å². The lowest BCUT2D eigenvalue weighted by atomic mass is 10.1. The van der Waals surface area contributed by atoms with Gasteiger partial charge in [0, 0.05) is 54.4 Å². The Kier molecular flexibility index (Phi) is 5.96. The maximum absolute atomic E-state index is 12.9. The van der Waals surface area contributed by atoms with Crippen LogP contribution in [0.25, 0.3) is 10.9 Å². The second kappa shape index (κ2) is 9.36. The number of H-pyrrole nitrogens is 1. The molecule has 0 bridgehead atoms. The molecule has 0 atom stereocenters. The summed E-state index contributed by atoms with van der Waals surface area (Å²) in [6.07, 6.45) is 1.45. The Balaban J connectivity index is 1.27. The van der Waals surface area contributed by atoms with Crippen molar-refractivity contribution >= 4 is 34.2 Å². The third-order valence-corrected chi connectivity index (χ3v) is 5.98. The summed E-state index contributed by atoms with van der Waals surface area (Å²) in [6.45, 7) is 4.24. The second-order valence-corrected chi connectivity index (χ2v) is 8.30. The topological polar surface area (TPSA) is 119 Å². The number of rotatable bonds is 6. The number of anilines is 2. The smallest absolute Gasteiger partial charge is 0.256 e. The zero-order valence-electron chi connectivity index (χ0n) is 18.7. The molecule has 2 amide bonds. The normalized spacial score (nSPS) is 14.3. The van der Waals surface area contributed by atoms with Crippen LogP contribution in [-0.4, -0.2) is 65.3 Å². The molecule has 174 valence electrons. The highest BCUT2D eigenvalue weighted by molar-refractivity contribution is 6.09. The summed E-state index contributed by atoms with van der Waals surface area (Å²) in [5.74, 6) is -0.156. The maximum Gasteiger partial charge on any atom is 0.256 e. The van der Waals surface area contributed by atoms with E-state index >= 15 is 0 Å². The highest BCUT2D eigenvalue weighted by Crippen LogP contribution is 2.23. The van der Waals surface area contributed by atoms with Crippen molar-refractivity contribution in [2.45, 2.75) is 6.54 Å². The highest BCUT2D eigenvalue weighted by Gasteiger charge is 2.17. The molecule has 5 rings (SSSR count). The molecule has 1 fully saturated rings. The van der Waals surface area contributed by atoms with E-state index in [0.29, 0.717) is 33.5 Å². The van der Waals surface area contributed by atoms with Gasteiger partial charge in [-0.1, -0.05) is 5.16 Å². The van der Waals surface area contributed by atoms with Crippen molar-refractivity contribution in [1.29, 1.82) is 0 Å². The highest BCUT2D eigenvalue weighted by atomic mass is 16.5. The van der Waals surface area contributed by atoms with Crippen LogP contribution in [0.4, 0.5) is 11.5 Å². The molecule has 2 aromatic heterocycles. The van der Waals surface area contributed by atoms with Gasteiger partial charge in [0.2, 0.25) is 0 Å². The van der Waals surface area contributed by atoms with Gasteiger partial charge in [0.05, 0.1) is 12.1 Å². The monoisotopic (exact) mass is 459 g/mol. The number of piperazine rings is 1. The summed E-state index contributed by atoms with van der Waals surface area (Å²) in [7, 11) is 2.12. The van der Waals surface area contributed by atoms with Crippen molar-refractivity contribution in [3.63, 3.8) is 0 Å². The van der Waals surface area contributed by atoms with Gasteiger partial charge in [0.25, 0.3) is 11.8 Å². The SMILES string of the molecule is CN1CCN(c2ccc(C(=O)Nc3n[nH]c4ccc(C(=O)NCc5ccon5)cc34)cc2)CC1. The number of aromatic amines is 1. The predicted octanol–water partition coefficient (Wildman–Crippen LogP) is 2.48. The summed E-state index contributed by atoms with van der Waals surface area (Å²) >= 11 is 0. The molecule has 3 N–H and O–H groups in total. The number of hydrogen-bond donors (Lipinski definition) is 3. The summed E-state index contributed by atoms with van der Waals surface area (Å²) in [6, 6.07) is 14.4. The summed E-state index contributed by atoms with van der Waals surface area (Å²) in [5, 5.41) is 17.2. The zero-order chi connectivity index (χ0) is 23.5.